The molecule has 0 aliphatic heterocycles. The van der Waals surface area contributed by atoms with Gasteiger partial charge in [-0.25, -0.2) is 0 Å². The standard InChI is InChI=1S/C26H32N4O3S/c1-26(2,3)18-23(32)30(16-14-19-8-6-5-7-9-19)17-15-22(31)27-25-29-28-24(34-25)20-10-12-21(33-4)13-11-20/h5-13H,14-18H2,1-4H3,(H,27,29,31). The number of methoxy groups -OCH3 is 1. The Morgan fingerprint density at radius 3 is 2.35 bits per heavy atom. The number of hydrogen-bond acceptors (Lipinski definition) is 6. The number of anilines is 1. The molecular formula is C26H32N4O3S. The summed E-state index contributed by atoms with van der Waals surface area (Å²) < 4.78 is 5.18. The number of carbonyl (C=O) groups is 2. The Hall–Kier alpha value is -3.26. The molecule has 1 heterocycles. The fraction of sp³-hybridized carbons (Fsp3) is 0.385. The molecule has 34 heavy (non-hydrogen) atoms. The summed E-state index contributed by atoms with van der Waals surface area (Å²) in [7, 11) is 1.62. The molecule has 2 amide bonds. The largest absolute Gasteiger partial charge is 0.497 e. The van der Waals surface area contributed by atoms with Crippen molar-refractivity contribution in [1.29, 1.82) is 0 Å². The third-order valence-corrected chi connectivity index (χ3v) is 6.05. The molecule has 0 fully saturated rings. The Morgan fingerprint density at radius 1 is 1.00 bits per heavy atom. The summed E-state index contributed by atoms with van der Waals surface area (Å²) in [4.78, 5) is 27.3. The molecule has 2 aromatic carbocycles. The molecule has 0 atom stereocenters. The van der Waals surface area contributed by atoms with Crippen molar-refractivity contribution in [2.24, 2.45) is 5.41 Å². The van der Waals surface area contributed by atoms with Crippen LogP contribution in [0.25, 0.3) is 10.6 Å². The highest BCUT2D eigenvalue weighted by molar-refractivity contribution is 7.18. The van der Waals surface area contributed by atoms with Crippen LogP contribution < -0.4 is 10.1 Å². The minimum Gasteiger partial charge on any atom is -0.497 e. The molecule has 3 rings (SSSR count). The maximum atomic E-state index is 12.9. The normalized spacial score (nSPS) is 11.2. The number of nitrogens with zero attached hydrogens (tertiary/aromatic N) is 3. The van der Waals surface area contributed by atoms with Crippen LogP contribution in [-0.2, 0) is 16.0 Å². The van der Waals surface area contributed by atoms with Crippen molar-refractivity contribution in [3.8, 4) is 16.3 Å². The Balaban J connectivity index is 1.57. The lowest BCUT2D eigenvalue weighted by Crippen LogP contribution is -2.37. The number of benzene rings is 2. The van der Waals surface area contributed by atoms with Gasteiger partial charge in [0.15, 0.2) is 0 Å². The van der Waals surface area contributed by atoms with E-state index in [1.807, 2.05) is 63.2 Å². The molecule has 3 aromatic rings. The van der Waals surface area contributed by atoms with Crippen LogP contribution in [0.1, 0.15) is 39.2 Å². The summed E-state index contributed by atoms with van der Waals surface area (Å²) in [6, 6.07) is 17.6. The summed E-state index contributed by atoms with van der Waals surface area (Å²) >= 11 is 1.31. The first-order chi connectivity index (χ1) is 16.2. The van der Waals surface area contributed by atoms with E-state index in [0.29, 0.717) is 29.6 Å². The quantitative estimate of drug-likeness (QED) is 0.439. The van der Waals surface area contributed by atoms with Crippen molar-refractivity contribution in [2.75, 3.05) is 25.5 Å². The SMILES string of the molecule is COc1ccc(-c2nnc(NC(=O)CCN(CCc3ccccc3)C(=O)CC(C)(C)C)s2)cc1. The van der Waals surface area contributed by atoms with Crippen LogP contribution in [0.5, 0.6) is 5.75 Å². The second-order valence-corrected chi connectivity index (χ2v) is 10.3. The van der Waals surface area contributed by atoms with Crippen LogP contribution in [0.3, 0.4) is 0 Å². The van der Waals surface area contributed by atoms with Crippen molar-refractivity contribution in [2.45, 2.75) is 40.0 Å². The highest BCUT2D eigenvalue weighted by atomic mass is 32.1. The van der Waals surface area contributed by atoms with Gasteiger partial charge in [0, 0.05) is 31.5 Å². The van der Waals surface area contributed by atoms with E-state index < -0.39 is 0 Å². The van der Waals surface area contributed by atoms with Crippen LogP contribution >= 0.6 is 11.3 Å². The van der Waals surface area contributed by atoms with Crippen LogP contribution in [0.4, 0.5) is 5.13 Å². The van der Waals surface area contributed by atoms with E-state index in [2.05, 4.69) is 27.6 Å². The van der Waals surface area contributed by atoms with Gasteiger partial charge in [0.1, 0.15) is 10.8 Å². The van der Waals surface area contributed by atoms with Crippen molar-refractivity contribution >= 4 is 28.3 Å². The van der Waals surface area contributed by atoms with E-state index >= 15 is 0 Å². The predicted octanol–water partition coefficient (Wildman–Crippen LogP) is 5.05. The van der Waals surface area contributed by atoms with E-state index in [1.165, 1.54) is 16.9 Å². The highest BCUT2D eigenvalue weighted by Gasteiger charge is 2.22. The number of ether oxygens (including phenoxy) is 1. The molecule has 0 aliphatic carbocycles. The third-order valence-electron chi connectivity index (χ3n) is 5.16. The van der Waals surface area contributed by atoms with Crippen LogP contribution in [0, 0.1) is 5.41 Å². The first-order valence-corrected chi connectivity index (χ1v) is 12.1. The number of rotatable bonds is 10. The molecule has 180 valence electrons. The molecule has 0 spiro atoms. The molecule has 0 saturated heterocycles. The van der Waals surface area contributed by atoms with Gasteiger partial charge in [0.25, 0.3) is 0 Å². The average Bonchev–Trinajstić information content (AvgIpc) is 3.27. The first kappa shape index (κ1) is 25.4. The van der Waals surface area contributed by atoms with Gasteiger partial charge in [-0.1, -0.05) is 62.4 Å². The number of carbonyl (C=O) groups excluding carboxylic acids is 2. The van der Waals surface area contributed by atoms with Crippen molar-refractivity contribution in [1.82, 2.24) is 15.1 Å². The van der Waals surface area contributed by atoms with E-state index in [0.717, 1.165) is 17.7 Å². The number of amides is 2. The molecule has 0 aliphatic rings. The molecule has 0 bridgehead atoms. The maximum Gasteiger partial charge on any atom is 0.227 e. The Labute approximate surface area is 205 Å². The average molecular weight is 481 g/mol. The smallest absolute Gasteiger partial charge is 0.227 e. The molecular weight excluding hydrogens is 448 g/mol. The summed E-state index contributed by atoms with van der Waals surface area (Å²) in [6.45, 7) is 7.07. The van der Waals surface area contributed by atoms with Gasteiger partial charge in [0.2, 0.25) is 16.9 Å². The summed E-state index contributed by atoms with van der Waals surface area (Å²) in [6.07, 6.45) is 1.38. The van der Waals surface area contributed by atoms with Crippen molar-refractivity contribution < 1.29 is 14.3 Å². The van der Waals surface area contributed by atoms with E-state index in [-0.39, 0.29) is 23.7 Å². The highest BCUT2D eigenvalue weighted by Crippen LogP contribution is 2.28. The van der Waals surface area contributed by atoms with Crippen LogP contribution in [0.2, 0.25) is 0 Å². The van der Waals surface area contributed by atoms with Crippen molar-refractivity contribution in [3.63, 3.8) is 0 Å². The van der Waals surface area contributed by atoms with Gasteiger partial charge in [-0.2, -0.15) is 0 Å². The Kier molecular flexibility index (Phi) is 8.76. The minimum absolute atomic E-state index is 0.0638. The van der Waals surface area contributed by atoms with Crippen LogP contribution in [0.15, 0.2) is 54.6 Å². The van der Waals surface area contributed by atoms with E-state index in [4.69, 9.17) is 4.74 Å². The lowest BCUT2D eigenvalue weighted by Gasteiger charge is -2.26. The van der Waals surface area contributed by atoms with E-state index in [1.54, 1.807) is 12.0 Å². The summed E-state index contributed by atoms with van der Waals surface area (Å²) in [5.74, 6) is 0.638. The zero-order valence-electron chi connectivity index (χ0n) is 20.2. The third kappa shape index (κ3) is 7.95. The van der Waals surface area contributed by atoms with Gasteiger partial charge in [-0.05, 0) is 41.7 Å². The molecule has 8 heteroatoms. The molecule has 1 N–H and O–H groups in total. The van der Waals surface area contributed by atoms with E-state index in [9.17, 15) is 9.59 Å². The molecule has 7 nitrogen and oxygen atoms in total. The Morgan fingerprint density at radius 2 is 1.71 bits per heavy atom. The lowest BCUT2D eigenvalue weighted by molar-refractivity contribution is -0.133. The van der Waals surface area contributed by atoms with Gasteiger partial charge in [0.05, 0.1) is 7.11 Å². The second kappa shape index (κ2) is 11.7. The van der Waals surface area contributed by atoms with Gasteiger partial charge in [-0.3, -0.25) is 9.59 Å². The van der Waals surface area contributed by atoms with Gasteiger partial charge < -0.3 is 15.0 Å². The predicted molar refractivity (Wildman–Crippen MR) is 136 cm³/mol. The van der Waals surface area contributed by atoms with Gasteiger partial charge in [-0.15, -0.1) is 10.2 Å². The Bertz CT molecular complexity index is 1080. The lowest BCUT2D eigenvalue weighted by atomic mass is 9.91. The summed E-state index contributed by atoms with van der Waals surface area (Å²) in [5.41, 5.74) is 1.95. The number of aromatic nitrogens is 2. The fourth-order valence-corrected chi connectivity index (χ4v) is 4.14. The fourth-order valence-electron chi connectivity index (χ4n) is 3.38. The maximum absolute atomic E-state index is 12.9. The minimum atomic E-state index is -0.189. The molecule has 0 unspecified atom stereocenters. The topological polar surface area (TPSA) is 84.4 Å². The zero-order chi connectivity index (χ0) is 24.6. The van der Waals surface area contributed by atoms with Crippen molar-refractivity contribution in [3.05, 3.63) is 60.2 Å². The zero-order valence-corrected chi connectivity index (χ0v) is 21.0. The number of hydrogen-bond donors (Lipinski definition) is 1. The molecule has 1 aromatic heterocycles. The first-order valence-electron chi connectivity index (χ1n) is 11.3. The monoisotopic (exact) mass is 480 g/mol. The molecule has 0 radical (unpaired) electrons. The second-order valence-electron chi connectivity index (χ2n) is 9.29. The van der Waals surface area contributed by atoms with Gasteiger partial charge >= 0.3 is 0 Å². The summed E-state index contributed by atoms with van der Waals surface area (Å²) in [5, 5.41) is 12.2. The number of nitrogens with one attached hydrogen (secondary N) is 1. The molecule has 0 saturated carbocycles. The van der Waals surface area contributed by atoms with Crippen LogP contribution in [-0.4, -0.2) is 47.1 Å².